The highest BCUT2D eigenvalue weighted by molar-refractivity contribution is 5.90. The van der Waals surface area contributed by atoms with Gasteiger partial charge in [0.25, 0.3) is 0 Å². The molecule has 0 aromatic carbocycles. The van der Waals surface area contributed by atoms with Crippen LogP contribution in [-0.4, -0.2) is 59.5 Å². The van der Waals surface area contributed by atoms with Crippen molar-refractivity contribution in [3.63, 3.8) is 0 Å². The van der Waals surface area contributed by atoms with Gasteiger partial charge in [0.15, 0.2) is 5.78 Å². The van der Waals surface area contributed by atoms with E-state index in [1.54, 1.807) is 12.4 Å². The quantitative estimate of drug-likeness (QED) is 0.764. The minimum absolute atomic E-state index is 0.162. The molecule has 2 fully saturated rings. The number of nitrogens with zero attached hydrogens (tertiary/aromatic N) is 3. The van der Waals surface area contributed by atoms with E-state index in [1.807, 2.05) is 12.1 Å². The third kappa shape index (κ3) is 4.37. The molecule has 3 rings (SSSR count). The first kappa shape index (κ1) is 17.9. The van der Waals surface area contributed by atoms with E-state index in [-0.39, 0.29) is 11.8 Å². The second-order valence-electron chi connectivity index (χ2n) is 7.31. The number of ketones is 1. The zero-order valence-electron chi connectivity index (χ0n) is 14.7. The lowest BCUT2D eigenvalue weighted by atomic mass is 9.76. The Balaban J connectivity index is 1.46. The van der Waals surface area contributed by atoms with Crippen LogP contribution in [0, 0.1) is 5.41 Å². The number of carbonyl (C=O) groups is 2. The third-order valence-corrected chi connectivity index (χ3v) is 5.61. The van der Waals surface area contributed by atoms with Crippen LogP contribution in [0.2, 0.25) is 0 Å². The Kier molecular flexibility index (Phi) is 5.68. The molecule has 1 aromatic heterocycles. The fraction of sp³-hybridized carbons (Fsp3) is 0.632. The molecule has 0 aliphatic carbocycles. The second kappa shape index (κ2) is 7.95. The number of carboxylic acids is 1. The van der Waals surface area contributed by atoms with Gasteiger partial charge in [-0.15, -0.1) is 0 Å². The maximum atomic E-state index is 12.8. The molecule has 0 bridgehead atoms. The molecule has 0 radical (unpaired) electrons. The average Bonchev–Trinajstić information content (AvgIpc) is 3.02. The maximum absolute atomic E-state index is 12.8. The molecular weight excluding hydrogens is 318 g/mol. The van der Waals surface area contributed by atoms with Crippen molar-refractivity contribution in [3.8, 4) is 0 Å². The highest BCUT2D eigenvalue weighted by Crippen LogP contribution is 2.39. The van der Waals surface area contributed by atoms with Gasteiger partial charge in [0.1, 0.15) is 0 Å². The first-order valence-electron chi connectivity index (χ1n) is 9.21. The maximum Gasteiger partial charge on any atom is 0.303 e. The molecule has 3 heterocycles. The van der Waals surface area contributed by atoms with E-state index in [0.29, 0.717) is 12.3 Å². The highest BCUT2D eigenvalue weighted by atomic mass is 16.4. The highest BCUT2D eigenvalue weighted by Gasteiger charge is 2.46. The summed E-state index contributed by atoms with van der Waals surface area (Å²) in [5, 5.41) is 8.67. The topological polar surface area (TPSA) is 73.7 Å². The first-order valence-corrected chi connectivity index (χ1v) is 9.21. The number of rotatable bonds is 7. The molecule has 6 heteroatoms. The van der Waals surface area contributed by atoms with Gasteiger partial charge < -0.3 is 14.9 Å². The smallest absolute Gasteiger partial charge is 0.303 e. The number of aromatic nitrogens is 1. The van der Waals surface area contributed by atoms with Gasteiger partial charge in [-0.3, -0.25) is 14.6 Å². The molecule has 6 nitrogen and oxygen atoms in total. The number of likely N-dealkylation sites (tertiary alicyclic amines) is 1. The van der Waals surface area contributed by atoms with Crippen molar-refractivity contribution < 1.29 is 14.7 Å². The number of Topliss-reactive ketones (excluding diaryl/α,β-unsaturated/α-hetero) is 1. The summed E-state index contributed by atoms with van der Waals surface area (Å²) in [7, 11) is 0. The minimum atomic E-state index is -0.716. The van der Waals surface area contributed by atoms with Gasteiger partial charge in [-0.25, -0.2) is 0 Å². The Morgan fingerprint density at radius 1 is 1.16 bits per heavy atom. The molecule has 1 unspecified atom stereocenters. The zero-order chi connectivity index (χ0) is 17.7. The molecule has 1 aromatic rings. The molecule has 136 valence electrons. The van der Waals surface area contributed by atoms with Crippen LogP contribution in [0.4, 0.5) is 5.69 Å². The Morgan fingerprint density at radius 3 is 2.64 bits per heavy atom. The fourth-order valence-corrected chi connectivity index (χ4v) is 4.05. The number of hydrogen-bond acceptors (Lipinski definition) is 5. The predicted molar refractivity (Wildman–Crippen MR) is 95.7 cm³/mol. The third-order valence-electron chi connectivity index (χ3n) is 5.61. The summed E-state index contributed by atoms with van der Waals surface area (Å²) in [5.41, 5.74) is 0.913. The minimum Gasteiger partial charge on any atom is -0.481 e. The number of piperidine rings is 1. The molecule has 2 saturated heterocycles. The van der Waals surface area contributed by atoms with Crippen molar-refractivity contribution in [2.24, 2.45) is 5.41 Å². The van der Waals surface area contributed by atoms with Crippen LogP contribution in [0.5, 0.6) is 0 Å². The van der Waals surface area contributed by atoms with Crippen LogP contribution in [-0.2, 0) is 9.59 Å². The standard InChI is InChI=1S/C19H27N3O3/c23-17-14-22(16-5-9-20-10-6-16)13-8-19(17)7-12-21(15-19)11-3-1-2-4-18(24)25/h5-6,9-10H,1-4,7-8,11-15H2,(H,24,25). The van der Waals surface area contributed by atoms with Crippen molar-refractivity contribution in [2.75, 3.05) is 37.6 Å². The molecule has 2 aliphatic heterocycles. The largest absolute Gasteiger partial charge is 0.481 e. The number of aliphatic carboxylic acids is 1. The Morgan fingerprint density at radius 2 is 1.92 bits per heavy atom. The normalized spacial score (nSPS) is 24.2. The van der Waals surface area contributed by atoms with Gasteiger partial charge in [0.05, 0.1) is 6.54 Å². The molecule has 1 atom stereocenters. The van der Waals surface area contributed by atoms with Gasteiger partial charge in [-0.1, -0.05) is 6.42 Å². The SMILES string of the molecule is O=C(O)CCCCCN1CCC2(CCN(c3ccncc3)CC2=O)C1. The van der Waals surface area contributed by atoms with E-state index in [2.05, 4.69) is 14.8 Å². The molecule has 1 spiro atoms. The summed E-state index contributed by atoms with van der Waals surface area (Å²) < 4.78 is 0. The molecule has 1 N–H and O–H groups in total. The zero-order valence-corrected chi connectivity index (χ0v) is 14.7. The fourth-order valence-electron chi connectivity index (χ4n) is 4.05. The van der Waals surface area contributed by atoms with E-state index in [0.717, 1.165) is 64.0 Å². The lowest BCUT2D eigenvalue weighted by Gasteiger charge is -2.39. The van der Waals surface area contributed by atoms with Crippen molar-refractivity contribution in [1.29, 1.82) is 0 Å². The number of carboxylic acid groups (broad SMARTS) is 1. The van der Waals surface area contributed by atoms with Crippen molar-refractivity contribution in [2.45, 2.75) is 38.5 Å². The average molecular weight is 345 g/mol. The summed E-state index contributed by atoms with van der Waals surface area (Å²) in [5.74, 6) is -0.351. The van der Waals surface area contributed by atoms with E-state index in [1.165, 1.54) is 0 Å². The number of hydrogen-bond donors (Lipinski definition) is 1. The van der Waals surface area contributed by atoms with Crippen LogP contribution in [0.25, 0.3) is 0 Å². The number of carbonyl (C=O) groups excluding carboxylic acids is 1. The molecule has 25 heavy (non-hydrogen) atoms. The lowest BCUT2D eigenvalue weighted by molar-refractivity contribution is -0.137. The van der Waals surface area contributed by atoms with E-state index >= 15 is 0 Å². The van der Waals surface area contributed by atoms with Crippen LogP contribution >= 0.6 is 0 Å². The Labute approximate surface area is 148 Å². The van der Waals surface area contributed by atoms with Crippen molar-refractivity contribution in [3.05, 3.63) is 24.5 Å². The van der Waals surface area contributed by atoms with E-state index < -0.39 is 5.97 Å². The first-order chi connectivity index (χ1) is 12.1. The van der Waals surface area contributed by atoms with Crippen LogP contribution in [0.3, 0.4) is 0 Å². The predicted octanol–water partition coefficient (Wildman–Crippen LogP) is 2.20. The lowest BCUT2D eigenvalue weighted by Crippen LogP contribution is -2.49. The van der Waals surface area contributed by atoms with E-state index in [4.69, 9.17) is 5.11 Å². The van der Waals surface area contributed by atoms with Gasteiger partial charge in [-0.05, 0) is 50.9 Å². The number of anilines is 1. The van der Waals surface area contributed by atoms with Gasteiger partial charge in [0, 0.05) is 43.0 Å². The van der Waals surface area contributed by atoms with Crippen molar-refractivity contribution in [1.82, 2.24) is 9.88 Å². The second-order valence-corrected chi connectivity index (χ2v) is 7.31. The monoisotopic (exact) mass is 345 g/mol. The van der Waals surface area contributed by atoms with Gasteiger partial charge >= 0.3 is 5.97 Å². The Bertz CT molecular complexity index is 607. The number of pyridine rings is 1. The van der Waals surface area contributed by atoms with Gasteiger partial charge in [-0.2, -0.15) is 0 Å². The summed E-state index contributed by atoms with van der Waals surface area (Å²) >= 11 is 0. The Hall–Kier alpha value is -1.95. The van der Waals surface area contributed by atoms with E-state index in [9.17, 15) is 9.59 Å². The summed E-state index contributed by atoms with van der Waals surface area (Å²) in [6.45, 7) is 4.25. The van der Waals surface area contributed by atoms with Gasteiger partial charge in [0.2, 0.25) is 0 Å². The van der Waals surface area contributed by atoms with Crippen LogP contribution < -0.4 is 4.90 Å². The van der Waals surface area contributed by atoms with Crippen molar-refractivity contribution >= 4 is 17.4 Å². The number of unbranched alkanes of at least 4 members (excludes halogenated alkanes) is 2. The van der Waals surface area contributed by atoms with Crippen LogP contribution in [0.1, 0.15) is 38.5 Å². The summed E-state index contributed by atoms with van der Waals surface area (Å²) in [4.78, 5) is 32.0. The molecule has 2 aliphatic rings. The summed E-state index contributed by atoms with van der Waals surface area (Å²) in [6.07, 6.45) is 8.38. The van der Waals surface area contributed by atoms with Crippen LogP contribution in [0.15, 0.2) is 24.5 Å². The molecular formula is C19H27N3O3. The summed E-state index contributed by atoms with van der Waals surface area (Å²) in [6, 6.07) is 3.92. The molecule has 0 saturated carbocycles. The molecule has 0 amide bonds.